The van der Waals surface area contributed by atoms with Crippen molar-refractivity contribution in [3.05, 3.63) is 16.1 Å². The second-order valence-electron chi connectivity index (χ2n) is 6.72. The predicted octanol–water partition coefficient (Wildman–Crippen LogP) is 1.00. The molecule has 8 heteroatoms. The van der Waals surface area contributed by atoms with Gasteiger partial charge in [0.1, 0.15) is 6.61 Å². The Labute approximate surface area is 146 Å². The van der Waals surface area contributed by atoms with Crippen LogP contribution in [0, 0.1) is 13.8 Å². The molecule has 1 spiro atoms. The standard InChI is InChI=1S/C16H24N4O3S/c1-11-13(12(2)24-18-11)8-19-6-4-5-16(10-19)7-14(21)17-20(16)15(22)9-23-3/h4-10H2,1-3H3,(H,17,21). The number of carbonyl (C=O) groups excluding carboxylic acids is 2. The monoisotopic (exact) mass is 352 g/mol. The molecule has 0 radical (unpaired) electrons. The topological polar surface area (TPSA) is 74.8 Å². The highest BCUT2D eigenvalue weighted by Gasteiger charge is 2.50. The van der Waals surface area contributed by atoms with Crippen molar-refractivity contribution in [1.82, 2.24) is 19.7 Å². The van der Waals surface area contributed by atoms with Crippen molar-refractivity contribution < 1.29 is 14.3 Å². The van der Waals surface area contributed by atoms with Gasteiger partial charge in [-0.15, -0.1) is 0 Å². The zero-order chi connectivity index (χ0) is 17.3. The summed E-state index contributed by atoms with van der Waals surface area (Å²) in [6, 6.07) is 0. The van der Waals surface area contributed by atoms with E-state index in [4.69, 9.17) is 4.74 Å². The van der Waals surface area contributed by atoms with E-state index in [1.54, 1.807) is 0 Å². The molecule has 1 aromatic rings. The fourth-order valence-corrected chi connectivity index (χ4v) is 4.50. The van der Waals surface area contributed by atoms with E-state index < -0.39 is 5.54 Å². The number of nitrogens with one attached hydrogen (secondary N) is 1. The van der Waals surface area contributed by atoms with Crippen LogP contribution in [0.5, 0.6) is 0 Å². The zero-order valence-corrected chi connectivity index (χ0v) is 15.2. The normalized spacial score (nSPS) is 24.6. The van der Waals surface area contributed by atoms with Gasteiger partial charge in [0.25, 0.3) is 5.91 Å². The quantitative estimate of drug-likeness (QED) is 0.875. The fraction of sp³-hybridized carbons (Fsp3) is 0.688. The number of aromatic nitrogens is 1. The summed E-state index contributed by atoms with van der Waals surface area (Å²) in [5.41, 5.74) is 4.61. The molecule has 132 valence electrons. The van der Waals surface area contributed by atoms with Crippen LogP contribution >= 0.6 is 11.5 Å². The molecule has 1 N–H and O–H groups in total. The number of likely N-dealkylation sites (tertiary alicyclic amines) is 1. The Morgan fingerprint density at radius 3 is 2.92 bits per heavy atom. The lowest BCUT2D eigenvalue weighted by Gasteiger charge is -2.44. The molecule has 2 saturated heterocycles. The van der Waals surface area contributed by atoms with Crippen molar-refractivity contribution in [3.8, 4) is 0 Å². The summed E-state index contributed by atoms with van der Waals surface area (Å²) in [6.45, 7) is 6.58. The summed E-state index contributed by atoms with van der Waals surface area (Å²) >= 11 is 1.53. The number of hydrazine groups is 1. The maximum atomic E-state index is 12.4. The lowest BCUT2D eigenvalue weighted by Crippen LogP contribution is -2.60. The Kier molecular flexibility index (Phi) is 4.89. The van der Waals surface area contributed by atoms with Gasteiger partial charge in [0.15, 0.2) is 0 Å². The van der Waals surface area contributed by atoms with Crippen molar-refractivity contribution in [2.75, 3.05) is 26.8 Å². The number of aryl methyl sites for hydroxylation is 2. The molecule has 3 heterocycles. The van der Waals surface area contributed by atoms with Gasteiger partial charge < -0.3 is 4.74 Å². The predicted molar refractivity (Wildman–Crippen MR) is 90.3 cm³/mol. The first-order chi connectivity index (χ1) is 11.4. The van der Waals surface area contributed by atoms with Crippen LogP contribution in [-0.2, 0) is 20.9 Å². The number of carbonyl (C=O) groups is 2. The Morgan fingerprint density at radius 1 is 1.46 bits per heavy atom. The number of rotatable bonds is 4. The van der Waals surface area contributed by atoms with Gasteiger partial charge in [0, 0.05) is 30.6 Å². The molecule has 2 fully saturated rings. The third-order valence-corrected chi connectivity index (χ3v) is 5.80. The van der Waals surface area contributed by atoms with Crippen molar-refractivity contribution >= 4 is 23.3 Å². The summed E-state index contributed by atoms with van der Waals surface area (Å²) < 4.78 is 9.38. The molecular formula is C16H24N4O3S. The third kappa shape index (κ3) is 3.18. The first-order valence-electron chi connectivity index (χ1n) is 8.21. The smallest absolute Gasteiger partial charge is 0.267 e. The fourth-order valence-electron chi connectivity index (χ4n) is 3.79. The maximum Gasteiger partial charge on any atom is 0.267 e. The molecular weight excluding hydrogens is 328 g/mol. The summed E-state index contributed by atoms with van der Waals surface area (Å²) in [6.07, 6.45) is 2.15. The van der Waals surface area contributed by atoms with E-state index >= 15 is 0 Å². The first kappa shape index (κ1) is 17.3. The van der Waals surface area contributed by atoms with Gasteiger partial charge in [-0.3, -0.25) is 19.9 Å². The largest absolute Gasteiger partial charge is 0.375 e. The summed E-state index contributed by atoms with van der Waals surface area (Å²) in [5.74, 6) is -0.277. The first-order valence-corrected chi connectivity index (χ1v) is 8.98. The van der Waals surface area contributed by atoms with E-state index in [0.717, 1.165) is 31.6 Å². The van der Waals surface area contributed by atoms with Crippen molar-refractivity contribution in [1.29, 1.82) is 0 Å². The highest BCUT2D eigenvalue weighted by molar-refractivity contribution is 7.05. The van der Waals surface area contributed by atoms with E-state index in [1.807, 2.05) is 6.92 Å². The molecule has 24 heavy (non-hydrogen) atoms. The van der Waals surface area contributed by atoms with Crippen LogP contribution < -0.4 is 5.43 Å². The molecule has 2 aliphatic heterocycles. The molecule has 0 aromatic carbocycles. The second-order valence-corrected chi connectivity index (χ2v) is 7.69. The minimum Gasteiger partial charge on any atom is -0.375 e. The van der Waals surface area contributed by atoms with Crippen LogP contribution in [-0.4, -0.2) is 58.4 Å². The average molecular weight is 352 g/mol. The summed E-state index contributed by atoms with van der Waals surface area (Å²) in [7, 11) is 1.49. The lowest BCUT2D eigenvalue weighted by atomic mass is 9.86. The van der Waals surface area contributed by atoms with Crippen molar-refractivity contribution in [2.45, 2.75) is 45.2 Å². The minimum atomic E-state index is -0.462. The van der Waals surface area contributed by atoms with Gasteiger partial charge in [-0.25, -0.2) is 5.01 Å². The van der Waals surface area contributed by atoms with Crippen LogP contribution in [0.1, 0.15) is 35.4 Å². The van der Waals surface area contributed by atoms with Gasteiger partial charge in [-0.1, -0.05) is 0 Å². The molecule has 0 saturated carbocycles. The van der Waals surface area contributed by atoms with Crippen LogP contribution in [0.3, 0.4) is 0 Å². The van der Waals surface area contributed by atoms with Crippen LogP contribution in [0.25, 0.3) is 0 Å². The number of piperidine rings is 1. The molecule has 1 aromatic heterocycles. The van der Waals surface area contributed by atoms with Gasteiger partial charge in [0.2, 0.25) is 5.91 Å². The number of ether oxygens (including phenoxy) is 1. The second kappa shape index (κ2) is 6.78. The Bertz CT molecular complexity index is 628. The molecule has 2 aliphatic rings. The molecule has 0 aliphatic carbocycles. The Hall–Kier alpha value is -1.51. The SMILES string of the molecule is COCC(=O)N1NC(=O)CC12CCCN(Cc1c(C)nsc1C)C2. The number of hydrogen-bond acceptors (Lipinski definition) is 6. The van der Waals surface area contributed by atoms with E-state index in [1.165, 1.54) is 34.1 Å². The highest BCUT2D eigenvalue weighted by atomic mass is 32.1. The highest BCUT2D eigenvalue weighted by Crippen LogP contribution is 2.35. The van der Waals surface area contributed by atoms with Gasteiger partial charge >= 0.3 is 0 Å². The number of nitrogens with zero attached hydrogens (tertiary/aromatic N) is 3. The molecule has 3 rings (SSSR count). The molecule has 2 amide bonds. The van der Waals surface area contributed by atoms with Crippen LogP contribution in [0.4, 0.5) is 0 Å². The number of hydrogen-bond donors (Lipinski definition) is 1. The van der Waals surface area contributed by atoms with E-state index in [0.29, 0.717) is 13.0 Å². The van der Waals surface area contributed by atoms with Gasteiger partial charge in [-0.05, 0) is 44.8 Å². The lowest BCUT2D eigenvalue weighted by molar-refractivity contribution is -0.147. The Balaban J connectivity index is 1.78. The minimum absolute atomic E-state index is 0.0191. The number of amides is 2. The van der Waals surface area contributed by atoms with Crippen LogP contribution in [0.15, 0.2) is 0 Å². The number of methoxy groups -OCH3 is 1. The van der Waals surface area contributed by atoms with Crippen LogP contribution in [0.2, 0.25) is 0 Å². The third-order valence-electron chi connectivity index (χ3n) is 4.92. The van der Waals surface area contributed by atoms with Gasteiger partial charge in [-0.2, -0.15) is 4.37 Å². The molecule has 7 nitrogen and oxygen atoms in total. The summed E-state index contributed by atoms with van der Waals surface area (Å²) in [5, 5.41) is 1.52. The Morgan fingerprint density at radius 2 is 2.25 bits per heavy atom. The summed E-state index contributed by atoms with van der Waals surface area (Å²) in [4.78, 5) is 27.9. The van der Waals surface area contributed by atoms with E-state index in [-0.39, 0.29) is 18.4 Å². The van der Waals surface area contributed by atoms with Gasteiger partial charge in [0.05, 0.1) is 17.7 Å². The van der Waals surface area contributed by atoms with E-state index in [9.17, 15) is 9.59 Å². The van der Waals surface area contributed by atoms with E-state index in [2.05, 4.69) is 21.6 Å². The molecule has 0 bridgehead atoms. The molecule has 1 unspecified atom stereocenters. The van der Waals surface area contributed by atoms with Crippen molar-refractivity contribution in [2.24, 2.45) is 0 Å². The van der Waals surface area contributed by atoms with Crippen molar-refractivity contribution in [3.63, 3.8) is 0 Å². The zero-order valence-electron chi connectivity index (χ0n) is 14.4. The molecule has 1 atom stereocenters. The average Bonchev–Trinajstić information content (AvgIpc) is 3.01. The maximum absolute atomic E-state index is 12.4.